The number of hydrogen-bond donors (Lipinski definition) is 2. The number of amides is 1. The molecule has 3 rings (SSSR count). The van der Waals surface area contributed by atoms with E-state index >= 15 is 0 Å². The summed E-state index contributed by atoms with van der Waals surface area (Å²) in [5.41, 5.74) is 1.14. The zero-order valence-electron chi connectivity index (χ0n) is 12.4. The van der Waals surface area contributed by atoms with Gasteiger partial charge in [0.2, 0.25) is 5.91 Å². The van der Waals surface area contributed by atoms with Gasteiger partial charge < -0.3 is 10.3 Å². The molecule has 2 N–H and O–H groups in total. The van der Waals surface area contributed by atoms with Crippen LogP contribution in [0.3, 0.4) is 0 Å². The summed E-state index contributed by atoms with van der Waals surface area (Å²) in [4.78, 5) is 21.4. The standard InChI is InChI=1S/C16H17N3OS2/c1-16(2,15(20)18-9-11-5-3-7-17-11)13-10-22-14(19-13)12-6-4-8-21-12/h3-8,10,17H,9H2,1-2H3,(H,18,20). The first kappa shape index (κ1) is 15.0. The molecule has 22 heavy (non-hydrogen) atoms. The molecular formula is C16H17N3OS2. The third kappa shape index (κ3) is 2.98. The monoisotopic (exact) mass is 331 g/mol. The van der Waals surface area contributed by atoms with Crippen LogP contribution in [0.5, 0.6) is 0 Å². The molecule has 0 radical (unpaired) electrons. The summed E-state index contributed by atoms with van der Waals surface area (Å²) in [6, 6.07) is 7.92. The lowest BCUT2D eigenvalue weighted by Gasteiger charge is -2.21. The van der Waals surface area contributed by atoms with Crippen molar-refractivity contribution in [3.63, 3.8) is 0 Å². The van der Waals surface area contributed by atoms with Gasteiger partial charge in [-0.2, -0.15) is 0 Å². The van der Waals surface area contributed by atoms with Crippen LogP contribution in [0.2, 0.25) is 0 Å². The SMILES string of the molecule is CC(C)(C(=O)NCc1ccc[nH]1)c1csc(-c2cccs2)n1. The van der Waals surface area contributed by atoms with Crippen molar-refractivity contribution >= 4 is 28.6 Å². The summed E-state index contributed by atoms with van der Waals surface area (Å²) in [6.45, 7) is 4.31. The van der Waals surface area contributed by atoms with E-state index in [4.69, 9.17) is 0 Å². The molecule has 3 heterocycles. The third-order valence-electron chi connectivity index (χ3n) is 3.55. The van der Waals surface area contributed by atoms with E-state index in [1.165, 1.54) is 0 Å². The smallest absolute Gasteiger partial charge is 0.232 e. The fraction of sp³-hybridized carbons (Fsp3) is 0.250. The van der Waals surface area contributed by atoms with Gasteiger partial charge in [0.15, 0.2) is 0 Å². The van der Waals surface area contributed by atoms with Gasteiger partial charge in [-0.05, 0) is 37.4 Å². The summed E-state index contributed by atoms with van der Waals surface area (Å²) in [5.74, 6) is -0.0230. The van der Waals surface area contributed by atoms with Gasteiger partial charge in [0.1, 0.15) is 5.01 Å². The van der Waals surface area contributed by atoms with Crippen LogP contribution in [0.4, 0.5) is 0 Å². The molecule has 0 aliphatic carbocycles. The lowest BCUT2D eigenvalue weighted by molar-refractivity contribution is -0.125. The van der Waals surface area contributed by atoms with Crippen LogP contribution in [-0.2, 0) is 16.8 Å². The number of nitrogens with one attached hydrogen (secondary N) is 2. The first-order valence-electron chi connectivity index (χ1n) is 6.98. The largest absolute Gasteiger partial charge is 0.364 e. The summed E-state index contributed by atoms with van der Waals surface area (Å²) in [6.07, 6.45) is 1.85. The molecule has 3 aromatic rings. The molecule has 0 fully saturated rings. The highest BCUT2D eigenvalue weighted by Crippen LogP contribution is 2.32. The Balaban J connectivity index is 1.73. The van der Waals surface area contributed by atoms with E-state index in [0.717, 1.165) is 21.3 Å². The van der Waals surface area contributed by atoms with E-state index in [1.54, 1.807) is 22.7 Å². The number of carbonyl (C=O) groups is 1. The van der Waals surface area contributed by atoms with Crippen molar-refractivity contribution in [3.8, 4) is 9.88 Å². The van der Waals surface area contributed by atoms with Crippen LogP contribution < -0.4 is 5.32 Å². The number of carbonyl (C=O) groups excluding carboxylic acids is 1. The fourth-order valence-electron chi connectivity index (χ4n) is 2.06. The van der Waals surface area contributed by atoms with Gasteiger partial charge in [-0.15, -0.1) is 22.7 Å². The highest BCUT2D eigenvalue weighted by Gasteiger charge is 2.32. The molecule has 114 valence electrons. The van der Waals surface area contributed by atoms with Crippen LogP contribution in [-0.4, -0.2) is 15.9 Å². The quantitative estimate of drug-likeness (QED) is 0.747. The van der Waals surface area contributed by atoms with Crippen molar-refractivity contribution in [2.75, 3.05) is 0 Å². The highest BCUT2D eigenvalue weighted by molar-refractivity contribution is 7.20. The Morgan fingerprint density at radius 1 is 1.32 bits per heavy atom. The lowest BCUT2D eigenvalue weighted by atomic mass is 9.89. The third-order valence-corrected chi connectivity index (χ3v) is 5.43. The second kappa shape index (κ2) is 6.06. The molecule has 1 amide bonds. The zero-order chi connectivity index (χ0) is 15.6. The second-order valence-electron chi connectivity index (χ2n) is 5.52. The summed E-state index contributed by atoms with van der Waals surface area (Å²) < 4.78 is 0. The molecule has 0 unspecified atom stereocenters. The zero-order valence-corrected chi connectivity index (χ0v) is 14.1. The van der Waals surface area contributed by atoms with E-state index in [1.807, 2.05) is 55.1 Å². The van der Waals surface area contributed by atoms with E-state index in [-0.39, 0.29) is 5.91 Å². The topological polar surface area (TPSA) is 57.8 Å². The number of thiophene rings is 1. The average Bonchev–Trinajstić information content (AvgIpc) is 3.25. The second-order valence-corrected chi connectivity index (χ2v) is 7.32. The Morgan fingerprint density at radius 2 is 2.18 bits per heavy atom. The number of H-pyrrole nitrogens is 1. The number of thiazole rings is 1. The van der Waals surface area contributed by atoms with E-state index < -0.39 is 5.41 Å². The van der Waals surface area contributed by atoms with Crippen LogP contribution in [0, 0.1) is 0 Å². The highest BCUT2D eigenvalue weighted by atomic mass is 32.1. The Labute approximate surface area is 137 Å². The molecule has 6 heteroatoms. The minimum atomic E-state index is -0.654. The molecule has 0 aliphatic rings. The molecule has 0 aromatic carbocycles. The lowest BCUT2D eigenvalue weighted by Crippen LogP contribution is -2.40. The maximum Gasteiger partial charge on any atom is 0.232 e. The summed E-state index contributed by atoms with van der Waals surface area (Å²) >= 11 is 3.24. The summed E-state index contributed by atoms with van der Waals surface area (Å²) in [7, 11) is 0. The van der Waals surface area contributed by atoms with Crippen LogP contribution in [0.1, 0.15) is 25.2 Å². The van der Waals surface area contributed by atoms with Gasteiger partial charge in [0.25, 0.3) is 0 Å². The first-order chi connectivity index (χ1) is 10.6. The van der Waals surface area contributed by atoms with Gasteiger partial charge in [-0.1, -0.05) is 6.07 Å². The molecule has 0 bridgehead atoms. The van der Waals surface area contributed by atoms with Crippen LogP contribution in [0.25, 0.3) is 9.88 Å². The fourth-order valence-corrected chi connectivity index (χ4v) is 3.87. The molecule has 0 aliphatic heterocycles. The molecule has 0 spiro atoms. The molecule has 0 saturated carbocycles. The number of nitrogens with zero attached hydrogens (tertiary/aromatic N) is 1. The van der Waals surface area contributed by atoms with Gasteiger partial charge in [0.05, 0.1) is 22.5 Å². The van der Waals surface area contributed by atoms with Crippen molar-refractivity contribution in [2.45, 2.75) is 25.8 Å². The summed E-state index contributed by atoms with van der Waals surface area (Å²) in [5, 5.41) is 7.94. The molecule has 0 atom stereocenters. The predicted octanol–water partition coefficient (Wildman–Crippen LogP) is 3.79. The van der Waals surface area contributed by atoms with Crippen molar-refractivity contribution in [3.05, 3.63) is 52.6 Å². The number of aromatic amines is 1. The Bertz CT molecular complexity index is 742. The van der Waals surface area contributed by atoms with Crippen LogP contribution >= 0.6 is 22.7 Å². The van der Waals surface area contributed by atoms with Gasteiger partial charge in [0, 0.05) is 17.3 Å². The number of aromatic nitrogens is 2. The molecule has 0 saturated heterocycles. The van der Waals surface area contributed by atoms with Gasteiger partial charge >= 0.3 is 0 Å². The minimum absolute atomic E-state index is 0.0230. The van der Waals surface area contributed by atoms with Gasteiger partial charge in [-0.3, -0.25) is 4.79 Å². The Morgan fingerprint density at radius 3 is 2.86 bits per heavy atom. The average molecular weight is 331 g/mol. The molecule has 3 aromatic heterocycles. The number of hydrogen-bond acceptors (Lipinski definition) is 4. The number of rotatable bonds is 5. The maximum absolute atomic E-state index is 12.5. The maximum atomic E-state index is 12.5. The van der Waals surface area contributed by atoms with Crippen molar-refractivity contribution < 1.29 is 4.79 Å². The van der Waals surface area contributed by atoms with E-state index in [0.29, 0.717) is 6.54 Å². The minimum Gasteiger partial charge on any atom is -0.364 e. The normalized spacial score (nSPS) is 11.5. The molecule has 4 nitrogen and oxygen atoms in total. The molecular weight excluding hydrogens is 314 g/mol. The Hall–Kier alpha value is -1.92. The van der Waals surface area contributed by atoms with Gasteiger partial charge in [-0.25, -0.2) is 4.98 Å². The van der Waals surface area contributed by atoms with E-state index in [2.05, 4.69) is 15.3 Å². The van der Waals surface area contributed by atoms with Crippen LogP contribution in [0.15, 0.2) is 41.2 Å². The predicted molar refractivity (Wildman–Crippen MR) is 91.1 cm³/mol. The van der Waals surface area contributed by atoms with Crippen molar-refractivity contribution in [1.29, 1.82) is 0 Å². The van der Waals surface area contributed by atoms with Crippen molar-refractivity contribution in [2.24, 2.45) is 0 Å². The Kier molecular flexibility index (Phi) is 4.13. The first-order valence-corrected chi connectivity index (χ1v) is 8.74. The van der Waals surface area contributed by atoms with Crippen molar-refractivity contribution in [1.82, 2.24) is 15.3 Å². The van der Waals surface area contributed by atoms with E-state index in [9.17, 15) is 4.79 Å².